The van der Waals surface area contributed by atoms with E-state index in [1.54, 1.807) is 0 Å². The van der Waals surface area contributed by atoms with E-state index >= 15 is 0 Å². The molecule has 1 amide bonds. The van der Waals surface area contributed by atoms with Crippen molar-refractivity contribution in [2.24, 2.45) is 0 Å². The Morgan fingerprint density at radius 1 is 0.878 bits per heavy atom. The monoisotopic (exact) mass is 736 g/mol. The standard InChI is InChI=1S/C12H10BrF3N2O2.C8H5F3N2.C4H6BrClO2/c1-11(20,6-13)10(19)18-7-3-4-9(17-2)8(5-7)12(14,15)16;1-13-7-3-2-5(12)4-6(7)8(9,10)11;1-4(8,2-5)3(6)7/h3-5,20H,6H2,1H3,(H,18,19);2-4H,12H2;8H,2H2,1H3/t11-;;4-/m0.0/s1. The summed E-state index contributed by atoms with van der Waals surface area (Å²) in [4.78, 5) is 27.4. The van der Waals surface area contributed by atoms with E-state index in [0.29, 0.717) is 6.07 Å². The third-order valence-electron chi connectivity index (χ3n) is 4.56. The molecule has 0 saturated carbocycles. The van der Waals surface area contributed by atoms with Crippen LogP contribution in [0.4, 0.5) is 49.1 Å². The summed E-state index contributed by atoms with van der Waals surface area (Å²) >= 11 is 10.8. The van der Waals surface area contributed by atoms with E-state index in [1.165, 1.54) is 26.0 Å². The van der Waals surface area contributed by atoms with Crippen LogP contribution in [-0.2, 0) is 21.9 Å². The Balaban J connectivity index is 0.000000652. The Morgan fingerprint density at radius 2 is 1.29 bits per heavy atom. The van der Waals surface area contributed by atoms with Gasteiger partial charge in [0.25, 0.3) is 11.1 Å². The Morgan fingerprint density at radius 3 is 1.63 bits per heavy atom. The highest BCUT2D eigenvalue weighted by Crippen LogP contribution is 2.38. The molecule has 0 spiro atoms. The summed E-state index contributed by atoms with van der Waals surface area (Å²) in [6, 6.07) is 5.88. The summed E-state index contributed by atoms with van der Waals surface area (Å²) in [6.45, 7) is 15.8. The predicted molar refractivity (Wildman–Crippen MR) is 148 cm³/mol. The fraction of sp³-hybridized carbons (Fsp3) is 0.333. The fourth-order valence-corrected chi connectivity index (χ4v) is 2.93. The molecule has 8 nitrogen and oxygen atoms in total. The molecule has 17 heteroatoms. The molecule has 224 valence electrons. The van der Waals surface area contributed by atoms with E-state index in [2.05, 4.69) is 46.9 Å². The van der Waals surface area contributed by atoms with Gasteiger partial charge < -0.3 is 21.3 Å². The Bertz CT molecular complexity index is 1320. The van der Waals surface area contributed by atoms with Crippen LogP contribution < -0.4 is 11.1 Å². The molecule has 0 fully saturated rings. The summed E-state index contributed by atoms with van der Waals surface area (Å²) < 4.78 is 74.9. The van der Waals surface area contributed by atoms with E-state index in [0.717, 1.165) is 18.2 Å². The van der Waals surface area contributed by atoms with Crippen LogP contribution in [0.3, 0.4) is 0 Å². The van der Waals surface area contributed by atoms with Crippen molar-refractivity contribution < 1.29 is 46.1 Å². The molecule has 5 N–H and O–H groups in total. The second kappa shape index (κ2) is 15.4. The average molecular weight is 739 g/mol. The van der Waals surface area contributed by atoms with Crippen molar-refractivity contribution in [2.75, 3.05) is 21.7 Å². The lowest BCUT2D eigenvalue weighted by Gasteiger charge is -2.20. The lowest BCUT2D eigenvalue weighted by molar-refractivity contribution is -0.137. The molecule has 0 unspecified atom stereocenters. The van der Waals surface area contributed by atoms with Gasteiger partial charge in [0.05, 0.1) is 24.3 Å². The maximum atomic E-state index is 12.7. The first-order valence-corrected chi connectivity index (χ1v) is 13.2. The third kappa shape index (κ3) is 12.2. The van der Waals surface area contributed by atoms with Gasteiger partial charge in [0.2, 0.25) is 0 Å². The maximum Gasteiger partial charge on any atom is 0.407 e. The first-order valence-electron chi connectivity index (χ1n) is 10.6. The number of anilines is 2. The van der Waals surface area contributed by atoms with Crippen molar-refractivity contribution in [3.05, 3.63) is 70.4 Å². The largest absolute Gasteiger partial charge is 0.407 e. The lowest BCUT2D eigenvalue weighted by atomic mass is 10.1. The first-order chi connectivity index (χ1) is 18.6. The molecular weight excluding hydrogens is 718 g/mol. The number of carbonyl (C=O) groups excluding carboxylic acids is 2. The Kier molecular flexibility index (Phi) is 14.3. The molecule has 0 bridgehead atoms. The summed E-state index contributed by atoms with van der Waals surface area (Å²) in [7, 11) is 0. The molecule has 0 heterocycles. The number of amides is 1. The van der Waals surface area contributed by atoms with Crippen LogP contribution in [0.1, 0.15) is 25.0 Å². The molecule has 0 aliphatic carbocycles. The minimum atomic E-state index is -4.70. The van der Waals surface area contributed by atoms with Gasteiger partial charge in [-0.3, -0.25) is 9.59 Å². The van der Waals surface area contributed by atoms with E-state index in [4.69, 9.17) is 35.6 Å². The zero-order valence-electron chi connectivity index (χ0n) is 21.0. The van der Waals surface area contributed by atoms with Gasteiger partial charge in [0.15, 0.2) is 11.4 Å². The molecule has 0 aliphatic heterocycles. The number of alkyl halides is 8. The minimum Gasteiger partial charge on any atom is -0.399 e. The second-order valence-corrected chi connectivity index (χ2v) is 9.74. The summed E-state index contributed by atoms with van der Waals surface area (Å²) in [5.74, 6) is -0.849. The molecule has 41 heavy (non-hydrogen) atoms. The van der Waals surface area contributed by atoms with Crippen LogP contribution in [0.5, 0.6) is 0 Å². The highest BCUT2D eigenvalue weighted by atomic mass is 79.9. The van der Waals surface area contributed by atoms with Crippen molar-refractivity contribution in [1.82, 2.24) is 0 Å². The fourth-order valence-electron chi connectivity index (χ4n) is 2.20. The molecule has 2 aromatic rings. The van der Waals surface area contributed by atoms with Crippen molar-refractivity contribution in [3.8, 4) is 0 Å². The van der Waals surface area contributed by atoms with Crippen LogP contribution >= 0.6 is 43.5 Å². The number of halogens is 9. The first kappa shape index (κ1) is 38.1. The summed E-state index contributed by atoms with van der Waals surface area (Å²) in [5.41, 5.74) is -1.24. The van der Waals surface area contributed by atoms with Crippen LogP contribution in [0.15, 0.2) is 36.4 Å². The van der Waals surface area contributed by atoms with E-state index in [1.807, 2.05) is 0 Å². The van der Waals surface area contributed by atoms with Crippen LogP contribution in [-0.4, -0.2) is 43.2 Å². The number of aliphatic hydroxyl groups is 2. The van der Waals surface area contributed by atoms with Crippen molar-refractivity contribution in [1.29, 1.82) is 0 Å². The van der Waals surface area contributed by atoms with Crippen molar-refractivity contribution >= 4 is 77.4 Å². The highest BCUT2D eigenvalue weighted by Gasteiger charge is 2.35. The number of hydrogen-bond donors (Lipinski definition) is 4. The lowest BCUT2D eigenvalue weighted by Crippen LogP contribution is -2.41. The third-order valence-corrected chi connectivity index (χ3v) is 7.15. The number of rotatable bonds is 5. The molecular formula is C24H21Br2ClF6N4O4. The number of nitrogens with one attached hydrogen (secondary N) is 1. The zero-order chi connectivity index (χ0) is 32.4. The second-order valence-electron chi connectivity index (χ2n) is 8.27. The topological polar surface area (TPSA) is 121 Å². The molecule has 0 saturated heterocycles. The van der Waals surface area contributed by atoms with Gasteiger partial charge >= 0.3 is 12.4 Å². The van der Waals surface area contributed by atoms with E-state index < -0.39 is 57.2 Å². The number of nitrogen functional groups attached to an aromatic ring is 1. The van der Waals surface area contributed by atoms with E-state index in [-0.39, 0.29) is 22.0 Å². The van der Waals surface area contributed by atoms with Crippen LogP contribution in [0.2, 0.25) is 0 Å². The van der Waals surface area contributed by atoms with Gasteiger partial charge in [-0.2, -0.15) is 26.3 Å². The van der Waals surface area contributed by atoms with Crippen LogP contribution in [0.25, 0.3) is 9.69 Å². The predicted octanol–water partition coefficient (Wildman–Crippen LogP) is 7.08. The summed E-state index contributed by atoms with van der Waals surface area (Å²) in [5, 5.41) is 20.1. The van der Waals surface area contributed by atoms with Gasteiger partial charge in [0, 0.05) is 22.0 Å². The van der Waals surface area contributed by atoms with Gasteiger partial charge in [-0.15, -0.1) is 0 Å². The molecule has 2 aromatic carbocycles. The minimum absolute atomic E-state index is 0.000255. The zero-order valence-corrected chi connectivity index (χ0v) is 24.9. The maximum absolute atomic E-state index is 12.7. The number of nitrogens with zero attached hydrogens (tertiary/aromatic N) is 2. The normalized spacial score (nSPS) is 13.8. The molecule has 2 atom stereocenters. The average Bonchev–Trinajstić information content (AvgIpc) is 2.88. The van der Waals surface area contributed by atoms with Crippen molar-refractivity contribution in [3.63, 3.8) is 0 Å². The van der Waals surface area contributed by atoms with Crippen molar-refractivity contribution in [2.45, 2.75) is 37.4 Å². The quantitative estimate of drug-likeness (QED) is 0.0860. The Labute approximate surface area is 252 Å². The van der Waals surface area contributed by atoms with Gasteiger partial charge in [-0.1, -0.05) is 44.0 Å². The van der Waals surface area contributed by atoms with Gasteiger partial charge in [-0.25, -0.2) is 9.69 Å². The number of carbonyl (C=O) groups is 2. The number of nitrogens with two attached hydrogens (primary N) is 1. The molecule has 0 radical (unpaired) electrons. The number of hydrogen-bond acceptors (Lipinski definition) is 5. The van der Waals surface area contributed by atoms with E-state index in [9.17, 15) is 41.0 Å². The van der Waals surface area contributed by atoms with Gasteiger partial charge in [-0.05, 0) is 49.7 Å². The smallest absolute Gasteiger partial charge is 0.399 e. The SMILES string of the molecule is C[C@](O)(CBr)C(=O)Cl.[C-]#[N+]c1ccc(N)cc1C(F)(F)F.[C-]#[N+]c1ccc(NC(=O)[C@@](C)(O)CBr)cc1C(F)(F)F. The van der Waals surface area contributed by atoms with Crippen LogP contribution in [0, 0.1) is 13.1 Å². The Hall–Kier alpha value is -2.89. The highest BCUT2D eigenvalue weighted by molar-refractivity contribution is 9.09. The molecule has 0 aliphatic rings. The summed E-state index contributed by atoms with van der Waals surface area (Å²) in [6.07, 6.45) is -9.21. The number of benzene rings is 2. The molecule has 0 aromatic heterocycles. The molecule has 2 rings (SSSR count). The van der Waals surface area contributed by atoms with Gasteiger partial charge in [0.1, 0.15) is 11.2 Å².